The number of carbonyl (C=O) groups is 1. The van der Waals surface area contributed by atoms with E-state index in [4.69, 9.17) is 9.47 Å². The van der Waals surface area contributed by atoms with Gasteiger partial charge in [-0.25, -0.2) is 4.79 Å². The topological polar surface area (TPSA) is 60.5 Å². The number of para-hydroxylation sites is 1. The largest absolute Gasteiger partial charge is 0.456 e. The quantitative estimate of drug-likeness (QED) is 0.750. The van der Waals surface area contributed by atoms with Crippen LogP contribution < -0.4 is 14.8 Å². The summed E-state index contributed by atoms with van der Waals surface area (Å²) in [6, 6.07) is 19.6. The number of ether oxygens (including phenoxy) is 2. The number of nitrogens with zero attached hydrogens (tertiary/aromatic N) is 1. The maximum atomic E-state index is 11.8. The van der Waals surface area contributed by atoms with E-state index >= 15 is 0 Å². The molecular weight excluding hydrogens is 304 g/mol. The zero-order chi connectivity index (χ0) is 16.8. The van der Waals surface area contributed by atoms with Gasteiger partial charge in [0.25, 0.3) is 0 Å². The Morgan fingerprint density at radius 3 is 2.25 bits per heavy atom. The summed E-state index contributed by atoms with van der Waals surface area (Å²) < 4.78 is 10.8. The first-order valence-corrected chi connectivity index (χ1v) is 7.43. The first kappa shape index (κ1) is 15.6. The molecule has 0 spiro atoms. The van der Waals surface area contributed by atoms with Gasteiger partial charge in [-0.3, -0.25) is 10.3 Å². The number of anilines is 1. The number of hydrogen-bond donors (Lipinski definition) is 1. The van der Waals surface area contributed by atoms with Crippen molar-refractivity contribution in [3.8, 4) is 17.2 Å². The van der Waals surface area contributed by atoms with E-state index in [0.717, 1.165) is 5.69 Å². The zero-order valence-corrected chi connectivity index (χ0v) is 13.1. The van der Waals surface area contributed by atoms with Crippen molar-refractivity contribution in [1.82, 2.24) is 4.98 Å². The number of carbonyl (C=O) groups excluding carboxylic acids is 1. The van der Waals surface area contributed by atoms with E-state index in [0.29, 0.717) is 22.9 Å². The highest BCUT2D eigenvalue weighted by molar-refractivity contribution is 5.86. The number of rotatable bonds is 4. The van der Waals surface area contributed by atoms with Crippen LogP contribution in [0.5, 0.6) is 17.2 Å². The lowest BCUT2D eigenvalue weighted by atomic mass is 10.3. The normalized spacial score (nSPS) is 10.0. The van der Waals surface area contributed by atoms with Crippen LogP contribution in [-0.2, 0) is 0 Å². The molecule has 1 aromatic heterocycles. The monoisotopic (exact) mass is 320 g/mol. The molecular formula is C19H16N2O3. The summed E-state index contributed by atoms with van der Waals surface area (Å²) in [4.78, 5) is 16.0. The Morgan fingerprint density at radius 1 is 0.875 bits per heavy atom. The van der Waals surface area contributed by atoms with Crippen molar-refractivity contribution >= 4 is 11.8 Å². The third-order valence-corrected chi connectivity index (χ3v) is 3.17. The molecule has 3 aromatic rings. The summed E-state index contributed by atoms with van der Waals surface area (Å²) in [7, 11) is 0. The van der Waals surface area contributed by atoms with E-state index < -0.39 is 6.09 Å². The third-order valence-electron chi connectivity index (χ3n) is 3.17. The summed E-state index contributed by atoms with van der Waals surface area (Å²) in [6.07, 6.45) is 1.12. The molecule has 5 heteroatoms. The molecule has 0 unspecified atom stereocenters. The standard InChI is InChI=1S/C19H16N2O3/c1-14-7-10-18(13-20-14)23-17-11-8-15(9-12-17)21-19(22)24-16-5-3-2-4-6-16/h2-13H,1H3,(H,21,22). The van der Waals surface area contributed by atoms with Crippen LogP contribution in [0.15, 0.2) is 72.9 Å². The van der Waals surface area contributed by atoms with Gasteiger partial charge in [-0.05, 0) is 55.5 Å². The molecule has 5 nitrogen and oxygen atoms in total. The molecule has 3 rings (SSSR count). The van der Waals surface area contributed by atoms with Crippen molar-refractivity contribution in [3.63, 3.8) is 0 Å². The number of hydrogen-bond acceptors (Lipinski definition) is 4. The molecule has 0 radical (unpaired) electrons. The molecule has 0 saturated heterocycles. The van der Waals surface area contributed by atoms with Gasteiger partial charge < -0.3 is 9.47 Å². The Hall–Kier alpha value is -3.34. The lowest BCUT2D eigenvalue weighted by molar-refractivity contribution is 0.215. The van der Waals surface area contributed by atoms with Gasteiger partial charge in [-0.1, -0.05) is 18.2 Å². The summed E-state index contributed by atoms with van der Waals surface area (Å²) in [5.41, 5.74) is 1.55. The van der Waals surface area contributed by atoms with E-state index in [1.165, 1.54) is 0 Å². The predicted octanol–water partition coefficient (Wildman–Crippen LogP) is 4.79. The zero-order valence-electron chi connectivity index (χ0n) is 13.1. The maximum absolute atomic E-state index is 11.8. The van der Waals surface area contributed by atoms with Gasteiger partial charge in [-0.15, -0.1) is 0 Å². The fraction of sp³-hybridized carbons (Fsp3) is 0.0526. The molecule has 0 saturated carbocycles. The van der Waals surface area contributed by atoms with Crippen LogP contribution in [0.2, 0.25) is 0 Å². The first-order valence-electron chi connectivity index (χ1n) is 7.43. The second-order valence-corrected chi connectivity index (χ2v) is 5.09. The minimum absolute atomic E-state index is 0.488. The second kappa shape index (κ2) is 7.28. The number of nitrogens with one attached hydrogen (secondary N) is 1. The molecule has 0 fully saturated rings. The predicted molar refractivity (Wildman–Crippen MR) is 91.6 cm³/mol. The number of aryl methyl sites for hydroxylation is 1. The van der Waals surface area contributed by atoms with Gasteiger partial charge in [0.15, 0.2) is 0 Å². The Labute approximate surface area is 139 Å². The highest BCUT2D eigenvalue weighted by atomic mass is 16.6. The average Bonchev–Trinajstić information content (AvgIpc) is 2.59. The number of benzene rings is 2. The van der Waals surface area contributed by atoms with Crippen LogP contribution in [0, 0.1) is 6.92 Å². The van der Waals surface area contributed by atoms with Crippen molar-refractivity contribution in [2.75, 3.05) is 5.32 Å². The minimum Gasteiger partial charge on any atom is -0.456 e. The number of pyridine rings is 1. The second-order valence-electron chi connectivity index (χ2n) is 5.09. The van der Waals surface area contributed by atoms with Crippen molar-refractivity contribution < 1.29 is 14.3 Å². The molecule has 24 heavy (non-hydrogen) atoms. The van der Waals surface area contributed by atoms with Gasteiger partial charge in [-0.2, -0.15) is 0 Å². The van der Waals surface area contributed by atoms with Gasteiger partial charge >= 0.3 is 6.09 Å². The Morgan fingerprint density at radius 2 is 1.58 bits per heavy atom. The fourth-order valence-corrected chi connectivity index (χ4v) is 2.00. The maximum Gasteiger partial charge on any atom is 0.417 e. The Balaban J connectivity index is 1.58. The number of amides is 1. The molecule has 2 aromatic carbocycles. The average molecular weight is 320 g/mol. The van der Waals surface area contributed by atoms with Gasteiger partial charge in [0.2, 0.25) is 0 Å². The fourth-order valence-electron chi connectivity index (χ4n) is 2.00. The lowest BCUT2D eigenvalue weighted by Gasteiger charge is -2.08. The van der Waals surface area contributed by atoms with Gasteiger partial charge in [0, 0.05) is 11.4 Å². The lowest BCUT2D eigenvalue weighted by Crippen LogP contribution is -2.16. The van der Waals surface area contributed by atoms with Crippen molar-refractivity contribution in [3.05, 3.63) is 78.6 Å². The first-order chi connectivity index (χ1) is 11.7. The van der Waals surface area contributed by atoms with Crippen LogP contribution in [-0.4, -0.2) is 11.1 Å². The van der Waals surface area contributed by atoms with E-state index in [2.05, 4.69) is 10.3 Å². The van der Waals surface area contributed by atoms with Crippen molar-refractivity contribution in [2.24, 2.45) is 0 Å². The van der Waals surface area contributed by atoms with Crippen LogP contribution in [0.3, 0.4) is 0 Å². The molecule has 1 amide bonds. The van der Waals surface area contributed by atoms with Crippen molar-refractivity contribution in [2.45, 2.75) is 6.92 Å². The van der Waals surface area contributed by atoms with E-state index in [1.807, 2.05) is 25.1 Å². The molecule has 0 aliphatic rings. The summed E-state index contributed by atoms with van der Waals surface area (Å²) >= 11 is 0. The smallest absolute Gasteiger partial charge is 0.417 e. The van der Waals surface area contributed by atoms with Crippen molar-refractivity contribution in [1.29, 1.82) is 0 Å². The Kier molecular flexibility index (Phi) is 4.72. The minimum atomic E-state index is -0.544. The summed E-state index contributed by atoms with van der Waals surface area (Å²) in [5, 5.41) is 2.66. The summed E-state index contributed by atoms with van der Waals surface area (Å²) in [5.74, 6) is 1.80. The highest BCUT2D eigenvalue weighted by Gasteiger charge is 2.05. The molecule has 1 N–H and O–H groups in total. The van der Waals surface area contributed by atoms with Crippen LogP contribution in [0.25, 0.3) is 0 Å². The molecule has 120 valence electrons. The Bertz CT molecular complexity index is 800. The molecule has 1 heterocycles. The van der Waals surface area contributed by atoms with E-state index in [-0.39, 0.29) is 0 Å². The van der Waals surface area contributed by atoms with Crippen LogP contribution in [0.4, 0.5) is 10.5 Å². The number of aromatic nitrogens is 1. The van der Waals surface area contributed by atoms with Crippen LogP contribution in [0.1, 0.15) is 5.69 Å². The summed E-state index contributed by atoms with van der Waals surface area (Å²) in [6.45, 7) is 1.92. The van der Waals surface area contributed by atoms with E-state index in [9.17, 15) is 4.79 Å². The SMILES string of the molecule is Cc1ccc(Oc2ccc(NC(=O)Oc3ccccc3)cc2)cn1. The molecule has 0 bridgehead atoms. The molecule has 0 atom stereocenters. The van der Waals surface area contributed by atoms with E-state index in [1.54, 1.807) is 54.7 Å². The molecule has 0 aliphatic heterocycles. The third kappa shape index (κ3) is 4.33. The van der Waals surface area contributed by atoms with Gasteiger partial charge in [0.05, 0.1) is 6.20 Å². The van der Waals surface area contributed by atoms with Gasteiger partial charge in [0.1, 0.15) is 17.2 Å². The molecule has 0 aliphatic carbocycles. The highest BCUT2D eigenvalue weighted by Crippen LogP contribution is 2.22. The van der Waals surface area contributed by atoms with Crippen LogP contribution >= 0.6 is 0 Å².